The molecule has 1 heterocycles. The van der Waals surface area contributed by atoms with Crippen LogP contribution in [0.1, 0.15) is 23.6 Å². The van der Waals surface area contributed by atoms with Crippen LogP contribution >= 0.6 is 11.6 Å². The predicted molar refractivity (Wildman–Crippen MR) is 131 cm³/mol. The van der Waals surface area contributed by atoms with Crippen molar-refractivity contribution in [3.8, 4) is 23.0 Å². The normalized spacial score (nSPS) is 15.5. The van der Waals surface area contributed by atoms with E-state index in [1.54, 1.807) is 14.2 Å². The van der Waals surface area contributed by atoms with Crippen molar-refractivity contribution in [1.29, 1.82) is 0 Å². The van der Waals surface area contributed by atoms with Gasteiger partial charge in [0.1, 0.15) is 18.1 Å². The highest BCUT2D eigenvalue weighted by Crippen LogP contribution is 2.38. The van der Waals surface area contributed by atoms with Gasteiger partial charge in [-0.2, -0.15) is 0 Å². The Labute approximate surface area is 200 Å². The van der Waals surface area contributed by atoms with Crippen LogP contribution in [0.15, 0.2) is 66.7 Å². The van der Waals surface area contributed by atoms with Gasteiger partial charge in [0.15, 0.2) is 11.5 Å². The number of ether oxygens (including phenoxy) is 4. The molecule has 0 spiro atoms. The molecule has 0 bridgehead atoms. The van der Waals surface area contributed by atoms with Crippen LogP contribution in [0.5, 0.6) is 23.0 Å². The first-order chi connectivity index (χ1) is 16.2. The molecular formula is C27H30ClNO4. The summed E-state index contributed by atoms with van der Waals surface area (Å²) >= 11 is 5.96. The number of hydrogen-bond donors (Lipinski definition) is 0. The average Bonchev–Trinajstić information content (AvgIpc) is 2.86. The number of nitrogens with zero attached hydrogens (tertiary/aromatic N) is 1. The lowest BCUT2D eigenvalue weighted by atomic mass is 9.92. The van der Waals surface area contributed by atoms with Crippen LogP contribution < -0.4 is 18.9 Å². The lowest BCUT2D eigenvalue weighted by Crippen LogP contribution is -2.39. The Bertz CT molecular complexity index is 1030. The molecule has 0 saturated heterocycles. The Kier molecular flexibility index (Phi) is 7.97. The zero-order valence-corrected chi connectivity index (χ0v) is 19.9. The second-order valence-electron chi connectivity index (χ2n) is 7.99. The largest absolute Gasteiger partial charge is 0.494 e. The van der Waals surface area contributed by atoms with Crippen LogP contribution in [0.25, 0.3) is 0 Å². The van der Waals surface area contributed by atoms with Crippen molar-refractivity contribution in [3.05, 3.63) is 82.9 Å². The smallest absolute Gasteiger partial charge is 0.161 e. The van der Waals surface area contributed by atoms with E-state index < -0.39 is 0 Å². The van der Waals surface area contributed by atoms with Crippen LogP contribution in [-0.4, -0.2) is 45.4 Å². The van der Waals surface area contributed by atoms with Crippen molar-refractivity contribution in [1.82, 2.24) is 4.90 Å². The monoisotopic (exact) mass is 467 g/mol. The highest BCUT2D eigenvalue weighted by molar-refractivity contribution is 6.30. The van der Waals surface area contributed by atoms with E-state index in [0.717, 1.165) is 48.9 Å². The van der Waals surface area contributed by atoms with Crippen molar-refractivity contribution < 1.29 is 18.9 Å². The molecule has 1 aliphatic rings. The topological polar surface area (TPSA) is 40.2 Å². The molecule has 1 atom stereocenters. The van der Waals surface area contributed by atoms with E-state index in [0.29, 0.717) is 18.2 Å². The molecular weight excluding hydrogens is 438 g/mol. The van der Waals surface area contributed by atoms with E-state index in [-0.39, 0.29) is 6.04 Å². The minimum atomic E-state index is 0.115. The van der Waals surface area contributed by atoms with Gasteiger partial charge in [-0.25, -0.2) is 0 Å². The lowest BCUT2D eigenvalue weighted by Gasteiger charge is -2.37. The average molecular weight is 468 g/mol. The third-order valence-corrected chi connectivity index (χ3v) is 6.19. The van der Waals surface area contributed by atoms with E-state index in [4.69, 9.17) is 30.5 Å². The molecule has 0 aromatic heterocycles. The summed E-state index contributed by atoms with van der Waals surface area (Å²) in [6.07, 6.45) is 1.86. The van der Waals surface area contributed by atoms with E-state index in [1.165, 1.54) is 11.1 Å². The summed E-state index contributed by atoms with van der Waals surface area (Å²) in [5.74, 6) is 3.22. The molecule has 1 unspecified atom stereocenters. The highest BCUT2D eigenvalue weighted by Gasteiger charge is 2.29. The maximum absolute atomic E-state index is 6.19. The third-order valence-electron chi connectivity index (χ3n) is 5.94. The zero-order valence-electron chi connectivity index (χ0n) is 19.1. The van der Waals surface area contributed by atoms with Crippen LogP contribution in [0.4, 0.5) is 0 Å². The van der Waals surface area contributed by atoms with Gasteiger partial charge in [0.25, 0.3) is 0 Å². The fourth-order valence-corrected chi connectivity index (χ4v) is 4.35. The van der Waals surface area contributed by atoms with Crippen LogP contribution in [-0.2, 0) is 6.42 Å². The van der Waals surface area contributed by atoms with Gasteiger partial charge in [0.05, 0.1) is 26.9 Å². The highest BCUT2D eigenvalue weighted by atomic mass is 35.5. The molecule has 0 radical (unpaired) electrons. The maximum Gasteiger partial charge on any atom is 0.161 e. The predicted octanol–water partition coefficient (Wildman–Crippen LogP) is 5.80. The lowest BCUT2D eigenvalue weighted by molar-refractivity contribution is 0.118. The van der Waals surface area contributed by atoms with Crippen LogP contribution in [0.2, 0.25) is 5.02 Å². The number of halogens is 1. The molecule has 0 amide bonds. The number of rotatable bonds is 10. The Morgan fingerprint density at radius 1 is 0.879 bits per heavy atom. The molecule has 174 valence electrons. The minimum Gasteiger partial charge on any atom is -0.494 e. The van der Waals surface area contributed by atoms with Crippen LogP contribution in [0.3, 0.4) is 0 Å². The van der Waals surface area contributed by atoms with Gasteiger partial charge < -0.3 is 18.9 Å². The Hall–Kier alpha value is -2.89. The van der Waals surface area contributed by atoms with E-state index in [2.05, 4.69) is 17.0 Å². The minimum absolute atomic E-state index is 0.115. The third kappa shape index (κ3) is 5.92. The van der Waals surface area contributed by atoms with Gasteiger partial charge in [-0.05, 0) is 72.5 Å². The summed E-state index contributed by atoms with van der Waals surface area (Å²) in [6, 6.07) is 21.8. The summed E-state index contributed by atoms with van der Waals surface area (Å²) in [4.78, 5) is 2.47. The molecule has 0 saturated carbocycles. The fourth-order valence-electron chi connectivity index (χ4n) is 4.22. The molecule has 4 rings (SSSR count). The van der Waals surface area contributed by atoms with Crippen molar-refractivity contribution >= 4 is 11.6 Å². The van der Waals surface area contributed by atoms with Gasteiger partial charge in [-0.1, -0.05) is 29.8 Å². The summed E-state index contributed by atoms with van der Waals surface area (Å²) in [5, 5.41) is 0.711. The second kappa shape index (κ2) is 11.3. The molecule has 1 aliphatic heterocycles. The van der Waals surface area contributed by atoms with E-state index in [9.17, 15) is 0 Å². The number of methoxy groups -OCH3 is 2. The summed E-state index contributed by atoms with van der Waals surface area (Å²) in [7, 11) is 3.35. The molecule has 0 N–H and O–H groups in total. The van der Waals surface area contributed by atoms with Gasteiger partial charge in [-0.3, -0.25) is 4.90 Å². The molecule has 6 heteroatoms. The van der Waals surface area contributed by atoms with Crippen molar-refractivity contribution in [3.63, 3.8) is 0 Å². The SMILES string of the molecule is COc1cc2c(cc1OC)C(COc1ccccc1)N(CCCOc1ccc(Cl)cc1)CC2. The summed E-state index contributed by atoms with van der Waals surface area (Å²) < 4.78 is 23.2. The summed E-state index contributed by atoms with van der Waals surface area (Å²) in [6.45, 7) is 3.06. The number of para-hydroxylation sites is 1. The Balaban J connectivity index is 1.46. The Morgan fingerprint density at radius 2 is 1.58 bits per heavy atom. The van der Waals surface area contributed by atoms with E-state index >= 15 is 0 Å². The van der Waals surface area contributed by atoms with Crippen molar-refractivity contribution in [2.75, 3.05) is 40.5 Å². The quantitative estimate of drug-likeness (QED) is 0.352. The summed E-state index contributed by atoms with van der Waals surface area (Å²) in [5.41, 5.74) is 2.51. The standard InChI is InChI=1S/C27H30ClNO4/c1-30-26-17-20-13-15-29(14-6-16-32-23-11-9-21(28)10-12-23)25(24(20)18-27(26)31-2)19-33-22-7-4-3-5-8-22/h3-5,7-12,17-18,25H,6,13-16,19H2,1-2H3. The van der Waals surface area contributed by atoms with Crippen LogP contribution in [0, 0.1) is 0 Å². The molecule has 33 heavy (non-hydrogen) atoms. The van der Waals surface area contributed by atoms with Crippen molar-refractivity contribution in [2.45, 2.75) is 18.9 Å². The zero-order chi connectivity index (χ0) is 23.0. The van der Waals surface area contributed by atoms with Gasteiger partial charge in [0.2, 0.25) is 0 Å². The molecule has 5 nitrogen and oxygen atoms in total. The fraction of sp³-hybridized carbons (Fsp3) is 0.333. The first kappa shape index (κ1) is 23.3. The molecule has 0 fully saturated rings. The molecule has 3 aromatic rings. The molecule has 3 aromatic carbocycles. The van der Waals surface area contributed by atoms with Gasteiger partial charge in [-0.15, -0.1) is 0 Å². The maximum atomic E-state index is 6.19. The Morgan fingerprint density at radius 3 is 2.30 bits per heavy atom. The first-order valence-corrected chi connectivity index (χ1v) is 11.6. The van der Waals surface area contributed by atoms with E-state index in [1.807, 2.05) is 54.6 Å². The number of fused-ring (bicyclic) bond motifs is 1. The molecule has 0 aliphatic carbocycles. The van der Waals surface area contributed by atoms with Gasteiger partial charge >= 0.3 is 0 Å². The second-order valence-corrected chi connectivity index (χ2v) is 8.42. The van der Waals surface area contributed by atoms with Gasteiger partial charge in [0, 0.05) is 18.1 Å². The first-order valence-electron chi connectivity index (χ1n) is 11.2. The van der Waals surface area contributed by atoms with Crippen molar-refractivity contribution in [2.24, 2.45) is 0 Å². The number of benzene rings is 3. The number of hydrogen-bond acceptors (Lipinski definition) is 5.